The summed E-state index contributed by atoms with van der Waals surface area (Å²) in [5, 5.41) is 0. The number of hydrogen-bond acceptors (Lipinski definition) is 1. The molecule has 0 aromatic heterocycles. The lowest BCUT2D eigenvalue weighted by Gasteiger charge is -2.34. The van der Waals surface area contributed by atoms with E-state index in [0.29, 0.717) is 0 Å². The van der Waals surface area contributed by atoms with Gasteiger partial charge in [0, 0.05) is 27.8 Å². The van der Waals surface area contributed by atoms with Crippen molar-refractivity contribution < 1.29 is 0 Å². The Kier molecular flexibility index (Phi) is 10.3. The third-order valence-corrected chi connectivity index (χ3v) is 20.0. The first kappa shape index (κ1) is 49.1. The highest BCUT2D eigenvalue weighted by atomic mass is 15.1. The van der Waals surface area contributed by atoms with Gasteiger partial charge in [-0.2, -0.15) is 0 Å². The molecule has 11 aromatic carbocycles. The molecule has 0 aliphatic heterocycles. The summed E-state index contributed by atoms with van der Waals surface area (Å²) in [4.78, 5) is 2.61. The highest BCUT2D eigenvalue weighted by Gasteiger charge is 2.54. The number of fused-ring (bicyclic) bond motifs is 20. The van der Waals surface area contributed by atoms with Crippen LogP contribution in [0.3, 0.4) is 0 Å². The molecule has 1 heteroatoms. The van der Waals surface area contributed by atoms with Crippen LogP contribution in [0.15, 0.2) is 237 Å². The Balaban J connectivity index is 0.934. The summed E-state index contributed by atoms with van der Waals surface area (Å²) in [5.41, 5.74) is 34.8. The largest absolute Gasteiger partial charge is 0.310 e. The van der Waals surface area contributed by atoms with Gasteiger partial charge >= 0.3 is 0 Å². The van der Waals surface area contributed by atoms with Gasteiger partial charge in [-0.05, 0) is 182 Å². The van der Waals surface area contributed by atoms with Gasteiger partial charge in [0.2, 0.25) is 0 Å². The number of benzene rings is 11. The zero-order valence-corrected chi connectivity index (χ0v) is 48.4. The Morgan fingerprint density at radius 1 is 0.341 bits per heavy atom. The van der Waals surface area contributed by atoms with E-state index in [0.717, 1.165) is 24.2 Å². The summed E-state index contributed by atoms with van der Waals surface area (Å²) >= 11 is 0. The molecule has 2 spiro atoms. The molecule has 1 nitrogen and oxygen atoms in total. The van der Waals surface area contributed by atoms with Crippen molar-refractivity contribution in [1.82, 2.24) is 0 Å². The average Bonchev–Trinajstić information content (AvgIpc) is 3.13. The molecule has 0 fully saturated rings. The maximum Gasteiger partial charge on any atom is 0.0726 e. The van der Waals surface area contributed by atoms with Crippen molar-refractivity contribution in [3.8, 4) is 66.8 Å². The highest BCUT2D eigenvalue weighted by Crippen LogP contribution is 2.66. The molecule has 0 radical (unpaired) electrons. The third kappa shape index (κ3) is 6.57. The Hall–Kier alpha value is -8.78. The van der Waals surface area contributed by atoms with Crippen molar-refractivity contribution >= 4 is 17.1 Å². The van der Waals surface area contributed by atoms with Gasteiger partial charge < -0.3 is 4.90 Å². The van der Waals surface area contributed by atoms with E-state index >= 15 is 0 Å². The summed E-state index contributed by atoms with van der Waals surface area (Å²) < 4.78 is 0. The van der Waals surface area contributed by atoms with Gasteiger partial charge in [-0.3, -0.25) is 0 Å². The highest BCUT2D eigenvalue weighted by molar-refractivity contribution is 6.02. The average molecular weight is 1050 g/mol. The van der Waals surface area contributed by atoms with Crippen LogP contribution in [0, 0.1) is 0 Å². The van der Waals surface area contributed by atoms with Gasteiger partial charge in [-0.1, -0.05) is 262 Å². The first-order valence-corrected chi connectivity index (χ1v) is 29.8. The molecular formula is C81H67N. The lowest BCUT2D eigenvalue weighted by Crippen LogP contribution is -2.27. The fraction of sp³-hybridized carbons (Fsp3) is 0.185. The second kappa shape index (κ2) is 17.1. The van der Waals surface area contributed by atoms with Crippen molar-refractivity contribution in [2.75, 3.05) is 4.90 Å². The monoisotopic (exact) mass is 1050 g/mol. The van der Waals surface area contributed by atoms with Crippen molar-refractivity contribution in [2.24, 2.45) is 0 Å². The van der Waals surface area contributed by atoms with Crippen LogP contribution in [-0.2, 0) is 33.5 Å². The maximum absolute atomic E-state index is 2.61. The van der Waals surface area contributed by atoms with E-state index in [1.54, 1.807) is 0 Å². The molecule has 0 amide bonds. The number of hydrogen-bond donors (Lipinski definition) is 0. The van der Waals surface area contributed by atoms with E-state index in [9.17, 15) is 0 Å². The van der Waals surface area contributed by atoms with E-state index in [1.807, 2.05) is 0 Å². The molecule has 0 saturated carbocycles. The lowest BCUT2D eigenvalue weighted by molar-refractivity contribution is 0.586. The minimum Gasteiger partial charge on any atom is -0.310 e. The molecule has 1 atom stereocenters. The number of rotatable bonds is 5. The van der Waals surface area contributed by atoms with Crippen LogP contribution in [0.25, 0.3) is 66.8 Å². The summed E-state index contributed by atoms with van der Waals surface area (Å²) in [6.07, 6.45) is 2.10. The Morgan fingerprint density at radius 3 is 1.49 bits per heavy atom. The van der Waals surface area contributed by atoms with Crippen LogP contribution < -0.4 is 4.90 Å². The molecule has 0 heterocycles. The second-order valence-corrected chi connectivity index (χ2v) is 26.7. The standard InChI is InChI=1S/C81H67N/c1-77(2,3)52-37-42-61-62-43-38-53(78(4,5)6)48-73(62)81(72(61)47-52)69-32-18-14-26-65(69)75-70(81)33-20-34-74(75)82(55-41-44-60-58-24-13-17-31-68(58)80(71(60)49-55)46-45-51-21-9-15-29-66(51)80)54-39-35-50(36-40-54)56-22-10-11-23-57(56)63-27-19-28-64-59-25-12-16-30-67(59)79(7,8)76(63)64/h9-44,47-49H,45-46H2,1-8H3. The molecule has 11 aromatic rings. The normalized spacial score (nSPS) is 16.7. The van der Waals surface area contributed by atoms with Crippen LogP contribution in [-0.4, -0.2) is 0 Å². The van der Waals surface area contributed by atoms with E-state index in [2.05, 4.69) is 297 Å². The summed E-state index contributed by atoms with van der Waals surface area (Å²) in [5.74, 6) is 0. The van der Waals surface area contributed by atoms with E-state index in [4.69, 9.17) is 0 Å². The van der Waals surface area contributed by atoms with Crippen LogP contribution in [0.4, 0.5) is 17.1 Å². The Bertz CT molecular complexity index is 4450. The fourth-order valence-corrected chi connectivity index (χ4v) is 16.3. The molecule has 0 saturated heterocycles. The van der Waals surface area contributed by atoms with Crippen molar-refractivity contribution in [1.29, 1.82) is 0 Å². The van der Waals surface area contributed by atoms with E-state index < -0.39 is 5.41 Å². The summed E-state index contributed by atoms with van der Waals surface area (Å²) in [7, 11) is 0. The van der Waals surface area contributed by atoms with E-state index in [-0.39, 0.29) is 21.7 Å². The van der Waals surface area contributed by atoms with Crippen LogP contribution in [0.5, 0.6) is 0 Å². The zero-order valence-electron chi connectivity index (χ0n) is 48.4. The molecule has 5 aliphatic rings. The van der Waals surface area contributed by atoms with Crippen LogP contribution in [0.2, 0.25) is 0 Å². The lowest BCUT2D eigenvalue weighted by atomic mass is 9.69. The van der Waals surface area contributed by atoms with Gasteiger partial charge in [0.15, 0.2) is 0 Å². The van der Waals surface area contributed by atoms with Gasteiger partial charge in [0.25, 0.3) is 0 Å². The zero-order chi connectivity index (χ0) is 55.7. The minimum absolute atomic E-state index is 0.0398. The number of anilines is 3. The fourth-order valence-electron chi connectivity index (χ4n) is 16.3. The molecular weight excluding hydrogens is 987 g/mol. The molecule has 16 rings (SSSR count). The van der Waals surface area contributed by atoms with Crippen molar-refractivity contribution in [2.45, 2.75) is 95.3 Å². The number of nitrogens with zero attached hydrogens (tertiary/aromatic N) is 1. The SMILES string of the molecule is CC(C)(C)c1ccc2c(c1)C1(c3cc(C(C)(C)C)ccc3-2)c2ccccc2-c2c(N(c3ccc(-c4ccccc4-c4cccc5c4C(C)(C)c4ccccc4-5)cc3)c3ccc4c(c3)C3(CCc5ccccc53)c3ccccc3-4)cccc21. The maximum atomic E-state index is 2.61. The minimum atomic E-state index is -0.543. The smallest absolute Gasteiger partial charge is 0.0726 e. The van der Waals surface area contributed by atoms with Gasteiger partial charge in [-0.25, -0.2) is 0 Å². The Morgan fingerprint density at radius 2 is 0.817 bits per heavy atom. The van der Waals surface area contributed by atoms with Gasteiger partial charge in [0.05, 0.1) is 11.1 Å². The predicted molar refractivity (Wildman–Crippen MR) is 343 cm³/mol. The van der Waals surface area contributed by atoms with Crippen LogP contribution in [0.1, 0.15) is 129 Å². The summed E-state index contributed by atoms with van der Waals surface area (Å²) in [6, 6.07) is 91.8. The molecule has 5 aliphatic carbocycles. The van der Waals surface area contributed by atoms with Crippen LogP contribution >= 0.6 is 0 Å². The molecule has 1 unspecified atom stereocenters. The van der Waals surface area contributed by atoms with E-state index in [1.165, 1.54) is 139 Å². The first-order chi connectivity index (χ1) is 39.7. The summed E-state index contributed by atoms with van der Waals surface area (Å²) in [6.45, 7) is 18.9. The first-order valence-electron chi connectivity index (χ1n) is 29.8. The topological polar surface area (TPSA) is 3.24 Å². The van der Waals surface area contributed by atoms with Crippen molar-refractivity contribution in [3.63, 3.8) is 0 Å². The number of aryl methyl sites for hydroxylation is 1. The molecule has 396 valence electrons. The van der Waals surface area contributed by atoms with Gasteiger partial charge in [-0.15, -0.1) is 0 Å². The Labute approximate surface area is 484 Å². The third-order valence-electron chi connectivity index (χ3n) is 20.0. The molecule has 0 N–H and O–H groups in total. The van der Waals surface area contributed by atoms with Crippen molar-refractivity contribution in [3.05, 3.63) is 303 Å². The molecule has 0 bridgehead atoms. The quantitative estimate of drug-likeness (QED) is 0.166. The predicted octanol–water partition coefficient (Wildman–Crippen LogP) is 21.0. The second-order valence-electron chi connectivity index (χ2n) is 26.7. The molecule has 82 heavy (non-hydrogen) atoms. The van der Waals surface area contributed by atoms with Gasteiger partial charge in [0.1, 0.15) is 0 Å².